The summed E-state index contributed by atoms with van der Waals surface area (Å²) in [5, 5.41) is 0. The van der Waals surface area contributed by atoms with Gasteiger partial charge in [-0.3, -0.25) is 0 Å². The minimum atomic E-state index is 0.248. The minimum absolute atomic E-state index is 0.248. The maximum atomic E-state index is 5.85. The number of fused-ring (bicyclic) bond motifs is 1. The molecule has 0 radical (unpaired) electrons. The van der Waals surface area contributed by atoms with Crippen LogP contribution in [0.2, 0.25) is 0 Å². The van der Waals surface area contributed by atoms with Crippen molar-refractivity contribution in [3.63, 3.8) is 0 Å². The third-order valence-corrected chi connectivity index (χ3v) is 2.94. The first kappa shape index (κ1) is 8.98. The Labute approximate surface area is 89.5 Å². The average Bonchev–Trinajstić information content (AvgIpc) is 2.87. The van der Waals surface area contributed by atoms with Gasteiger partial charge >= 0.3 is 0 Å². The van der Waals surface area contributed by atoms with Gasteiger partial charge in [-0.1, -0.05) is 18.2 Å². The molecule has 0 aromatic heterocycles. The van der Waals surface area contributed by atoms with Crippen molar-refractivity contribution in [3.05, 3.63) is 35.4 Å². The van der Waals surface area contributed by atoms with Crippen LogP contribution in [0.15, 0.2) is 24.3 Å². The van der Waals surface area contributed by atoms with Crippen LogP contribution in [0.3, 0.4) is 0 Å². The van der Waals surface area contributed by atoms with Crippen molar-refractivity contribution in [2.75, 3.05) is 13.2 Å². The van der Waals surface area contributed by atoms with Gasteiger partial charge in [0.15, 0.2) is 0 Å². The minimum Gasteiger partial charge on any atom is -0.488 e. The molecule has 0 amide bonds. The van der Waals surface area contributed by atoms with Crippen LogP contribution in [-0.4, -0.2) is 19.3 Å². The summed E-state index contributed by atoms with van der Waals surface area (Å²) in [5.41, 5.74) is 2.69. The lowest BCUT2D eigenvalue weighted by Crippen LogP contribution is -2.15. The molecule has 1 unspecified atom stereocenters. The number of allylic oxidation sites excluding steroid dienone is 1. The molecule has 1 aliphatic carbocycles. The fraction of sp³-hybridized carbons (Fsp3) is 0.385. The zero-order chi connectivity index (χ0) is 10.1. The molecule has 1 heterocycles. The smallest absolute Gasteiger partial charge is 0.124 e. The topological polar surface area (TPSA) is 18.5 Å². The van der Waals surface area contributed by atoms with Gasteiger partial charge in [0.1, 0.15) is 11.9 Å². The molecule has 0 saturated carbocycles. The molecule has 2 aliphatic rings. The van der Waals surface area contributed by atoms with Crippen LogP contribution in [0.5, 0.6) is 5.75 Å². The number of benzene rings is 1. The van der Waals surface area contributed by atoms with Gasteiger partial charge in [-0.25, -0.2) is 0 Å². The Morgan fingerprint density at radius 2 is 2.33 bits per heavy atom. The lowest BCUT2D eigenvalue weighted by molar-refractivity contribution is 0.141. The number of hydrogen-bond acceptors (Lipinski definition) is 2. The fourth-order valence-corrected chi connectivity index (χ4v) is 2.11. The van der Waals surface area contributed by atoms with E-state index in [0.717, 1.165) is 31.8 Å². The number of ether oxygens (including phenoxy) is 2. The predicted molar refractivity (Wildman–Crippen MR) is 59.0 cm³/mol. The van der Waals surface area contributed by atoms with E-state index in [9.17, 15) is 0 Å². The van der Waals surface area contributed by atoms with Crippen molar-refractivity contribution in [1.82, 2.24) is 0 Å². The molecule has 2 heteroatoms. The standard InChI is InChI=1S/C13H14O2/c1-2-10-4-5-12(8-11(10)3-1)15-13-6-7-14-9-13/h1-2,4-5,8,13H,3,6-7,9H2. The largest absolute Gasteiger partial charge is 0.488 e. The van der Waals surface area contributed by atoms with E-state index in [4.69, 9.17) is 9.47 Å². The van der Waals surface area contributed by atoms with E-state index in [1.165, 1.54) is 11.1 Å². The molecule has 0 N–H and O–H groups in total. The summed E-state index contributed by atoms with van der Waals surface area (Å²) in [7, 11) is 0. The Morgan fingerprint density at radius 3 is 3.20 bits per heavy atom. The first-order chi connectivity index (χ1) is 7.42. The van der Waals surface area contributed by atoms with Crippen LogP contribution in [0.1, 0.15) is 17.5 Å². The summed E-state index contributed by atoms with van der Waals surface area (Å²) < 4.78 is 11.1. The van der Waals surface area contributed by atoms with Crippen LogP contribution < -0.4 is 4.74 Å². The second-order valence-electron chi connectivity index (χ2n) is 4.07. The van der Waals surface area contributed by atoms with Gasteiger partial charge in [0.25, 0.3) is 0 Å². The Kier molecular flexibility index (Phi) is 2.22. The third-order valence-electron chi connectivity index (χ3n) is 2.94. The molecule has 1 saturated heterocycles. The fourth-order valence-electron chi connectivity index (χ4n) is 2.11. The molecular weight excluding hydrogens is 188 g/mol. The van der Waals surface area contributed by atoms with Crippen LogP contribution in [0.25, 0.3) is 6.08 Å². The predicted octanol–water partition coefficient (Wildman–Crippen LogP) is 2.42. The Morgan fingerprint density at radius 1 is 1.33 bits per heavy atom. The van der Waals surface area contributed by atoms with Gasteiger partial charge in [0, 0.05) is 6.42 Å². The average molecular weight is 202 g/mol. The first-order valence-electron chi connectivity index (χ1n) is 5.46. The van der Waals surface area contributed by atoms with E-state index in [1.807, 2.05) is 6.07 Å². The van der Waals surface area contributed by atoms with Crippen molar-refractivity contribution in [2.24, 2.45) is 0 Å². The second-order valence-corrected chi connectivity index (χ2v) is 4.07. The molecule has 0 spiro atoms. The molecule has 1 aliphatic heterocycles. The highest BCUT2D eigenvalue weighted by molar-refractivity contribution is 5.61. The number of rotatable bonds is 2. The van der Waals surface area contributed by atoms with Gasteiger partial charge in [-0.15, -0.1) is 0 Å². The van der Waals surface area contributed by atoms with Gasteiger partial charge in [0.2, 0.25) is 0 Å². The highest BCUT2D eigenvalue weighted by atomic mass is 16.5. The molecule has 3 rings (SSSR count). The number of hydrogen-bond donors (Lipinski definition) is 0. The normalized spacial score (nSPS) is 23.1. The lowest BCUT2D eigenvalue weighted by Gasteiger charge is -2.12. The monoisotopic (exact) mass is 202 g/mol. The lowest BCUT2D eigenvalue weighted by atomic mass is 10.1. The molecule has 2 nitrogen and oxygen atoms in total. The summed E-state index contributed by atoms with van der Waals surface area (Å²) >= 11 is 0. The van der Waals surface area contributed by atoms with Crippen molar-refractivity contribution in [1.29, 1.82) is 0 Å². The Hall–Kier alpha value is -1.28. The van der Waals surface area contributed by atoms with Crippen LogP contribution in [-0.2, 0) is 11.2 Å². The Bertz CT molecular complexity index is 390. The van der Waals surface area contributed by atoms with Gasteiger partial charge < -0.3 is 9.47 Å². The summed E-state index contributed by atoms with van der Waals surface area (Å²) in [5.74, 6) is 0.980. The maximum Gasteiger partial charge on any atom is 0.124 e. The summed E-state index contributed by atoms with van der Waals surface area (Å²) in [6.45, 7) is 1.56. The molecule has 15 heavy (non-hydrogen) atoms. The first-order valence-corrected chi connectivity index (χ1v) is 5.46. The third kappa shape index (κ3) is 1.77. The van der Waals surface area contributed by atoms with E-state index in [2.05, 4.69) is 24.3 Å². The quantitative estimate of drug-likeness (QED) is 0.733. The molecule has 1 fully saturated rings. The van der Waals surface area contributed by atoms with E-state index in [1.54, 1.807) is 0 Å². The van der Waals surface area contributed by atoms with Crippen LogP contribution in [0, 0.1) is 0 Å². The van der Waals surface area contributed by atoms with Crippen LogP contribution in [0.4, 0.5) is 0 Å². The van der Waals surface area contributed by atoms with Crippen molar-refractivity contribution < 1.29 is 9.47 Å². The second kappa shape index (κ2) is 3.70. The molecule has 78 valence electrons. The highest BCUT2D eigenvalue weighted by Crippen LogP contribution is 2.25. The van der Waals surface area contributed by atoms with E-state index in [0.29, 0.717) is 0 Å². The van der Waals surface area contributed by atoms with Crippen molar-refractivity contribution in [3.8, 4) is 5.75 Å². The molecule has 1 aromatic rings. The Balaban J connectivity index is 1.76. The van der Waals surface area contributed by atoms with Crippen LogP contribution >= 0.6 is 0 Å². The SMILES string of the molecule is C1=Cc2ccc(OC3CCOC3)cc2C1. The van der Waals surface area contributed by atoms with Gasteiger partial charge in [0.05, 0.1) is 13.2 Å². The van der Waals surface area contributed by atoms with Crippen molar-refractivity contribution in [2.45, 2.75) is 18.9 Å². The van der Waals surface area contributed by atoms with E-state index in [-0.39, 0.29) is 6.10 Å². The summed E-state index contributed by atoms with van der Waals surface area (Å²) in [4.78, 5) is 0. The summed E-state index contributed by atoms with van der Waals surface area (Å²) in [6.07, 6.45) is 6.64. The zero-order valence-corrected chi connectivity index (χ0v) is 8.61. The molecule has 1 aromatic carbocycles. The molecular formula is C13H14O2. The van der Waals surface area contributed by atoms with E-state index < -0.39 is 0 Å². The van der Waals surface area contributed by atoms with E-state index >= 15 is 0 Å². The molecule has 1 atom stereocenters. The zero-order valence-electron chi connectivity index (χ0n) is 8.61. The van der Waals surface area contributed by atoms with Gasteiger partial charge in [-0.05, 0) is 29.7 Å². The highest BCUT2D eigenvalue weighted by Gasteiger charge is 2.17. The summed E-state index contributed by atoms with van der Waals surface area (Å²) in [6, 6.07) is 6.32. The maximum absolute atomic E-state index is 5.85. The van der Waals surface area contributed by atoms with Gasteiger partial charge in [-0.2, -0.15) is 0 Å². The van der Waals surface area contributed by atoms with Crippen molar-refractivity contribution >= 4 is 6.08 Å². The molecule has 0 bridgehead atoms.